The summed E-state index contributed by atoms with van der Waals surface area (Å²) >= 11 is 7.70. The van der Waals surface area contributed by atoms with Crippen molar-refractivity contribution in [1.82, 2.24) is 4.98 Å². The Morgan fingerprint density at radius 2 is 2.04 bits per heavy atom. The number of nitrogens with one attached hydrogen (secondary N) is 1. The zero-order valence-corrected chi connectivity index (χ0v) is 16.4. The summed E-state index contributed by atoms with van der Waals surface area (Å²) in [7, 11) is 0. The highest BCUT2D eigenvalue weighted by atomic mass is 35.5. The normalized spacial score (nSPS) is 10.7. The summed E-state index contributed by atoms with van der Waals surface area (Å²) in [4.78, 5) is 28.3. The van der Waals surface area contributed by atoms with Crippen LogP contribution in [0.25, 0.3) is 10.2 Å². The Labute approximate surface area is 166 Å². The van der Waals surface area contributed by atoms with Gasteiger partial charge in [0.05, 0.1) is 25.9 Å². The van der Waals surface area contributed by atoms with Crippen LogP contribution in [-0.4, -0.2) is 23.5 Å². The molecule has 5 nitrogen and oxygen atoms in total. The predicted molar refractivity (Wildman–Crippen MR) is 108 cm³/mol. The lowest BCUT2D eigenvalue weighted by atomic mass is 10.2. The number of ether oxygens (including phenoxy) is 1. The molecule has 0 saturated carbocycles. The Kier molecular flexibility index (Phi) is 6.42. The van der Waals surface area contributed by atoms with Gasteiger partial charge in [-0.25, -0.2) is 4.98 Å². The molecule has 0 spiro atoms. The predicted octanol–water partition coefficient (Wildman–Crippen LogP) is 4.76. The van der Waals surface area contributed by atoms with Crippen LogP contribution in [0.3, 0.4) is 0 Å². The number of aryl methyl sites for hydroxylation is 2. The molecule has 0 aliphatic rings. The van der Waals surface area contributed by atoms with Crippen molar-refractivity contribution in [3.63, 3.8) is 0 Å². The lowest BCUT2D eigenvalue weighted by molar-refractivity contribution is -0.147. The Morgan fingerprint density at radius 3 is 2.81 bits per heavy atom. The number of benzene rings is 2. The van der Waals surface area contributed by atoms with Gasteiger partial charge in [-0.05, 0) is 49.6 Å². The van der Waals surface area contributed by atoms with E-state index in [-0.39, 0.29) is 13.0 Å². The zero-order valence-electron chi connectivity index (χ0n) is 14.8. The van der Waals surface area contributed by atoms with Gasteiger partial charge in [0.25, 0.3) is 5.91 Å². The molecular weight excluding hydrogens is 384 g/mol. The van der Waals surface area contributed by atoms with Crippen molar-refractivity contribution in [3.05, 3.63) is 58.1 Å². The fourth-order valence-corrected chi connectivity index (χ4v) is 3.83. The van der Waals surface area contributed by atoms with Crippen molar-refractivity contribution in [2.75, 3.05) is 11.9 Å². The fourth-order valence-electron chi connectivity index (χ4n) is 2.54. The topological polar surface area (TPSA) is 68.3 Å². The maximum absolute atomic E-state index is 11.9. The molecule has 0 saturated heterocycles. The van der Waals surface area contributed by atoms with E-state index in [1.807, 2.05) is 37.3 Å². The van der Waals surface area contributed by atoms with E-state index < -0.39 is 11.9 Å². The minimum absolute atomic E-state index is 0.245. The molecule has 3 aromatic rings. The van der Waals surface area contributed by atoms with E-state index in [1.54, 1.807) is 23.5 Å². The molecule has 0 atom stereocenters. The molecule has 1 N–H and O–H groups in total. The van der Waals surface area contributed by atoms with Gasteiger partial charge >= 0.3 is 5.97 Å². The molecule has 0 aliphatic carbocycles. The first kappa shape index (κ1) is 19.3. The number of amides is 1. The van der Waals surface area contributed by atoms with Crippen LogP contribution in [0, 0.1) is 6.92 Å². The molecule has 0 aliphatic heterocycles. The molecule has 0 radical (unpaired) electrons. The first-order valence-electron chi connectivity index (χ1n) is 8.57. The second kappa shape index (κ2) is 8.97. The van der Waals surface area contributed by atoms with E-state index in [4.69, 9.17) is 16.3 Å². The molecule has 27 heavy (non-hydrogen) atoms. The van der Waals surface area contributed by atoms with Crippen molar-refractivity contribution in [3.8, 4) is 0 Å². The number of fused-ring (bicyclic) bond motifs is 1. The first-order valence-corrected chi connectivity index (χ1v) is 9.77. The number of rotatable bonds is 7. The largest absolute Gasteiger partial charge is 0.456 e. The molecular formula is C20H19ClN2O3S. The highest BCUT2D eigenvalue weighted by molar-refractivity contribution is 7.18. The Balaban J connectivity index is 1.39. The van der Waals surface area contributed by atoms with Gasteiger partial charge < -0.3 is 10.1 Å². The average molecular weight is 403 g/mol. The average Bonchev–Trinajstić information content (AvgIpc) is 3.05. The second-order valence-corrected chi connectivity index (χ2v) is 7.64. The van der Waals surface area contributed by atoms with E-state index in [1.165, 1.54) is 0 Å². The van der Waals surface area contributed by atoms with E-state index in [0.29, 0.717) is 23.6 Å². The quantitative estimate of drug-likeness (QED) is 0.578. The van der Waals surface area contributed by atoms with Crippen LogP contribution in [0.4, 0.5) is 5.69 Å². The molecule has 3 rings (SSSR count). The number of nitrogens with zero attached hydrogens (tertiary/aromatic N) is 1. The molecule has 1 amide bonds. The van der Waals surface area contributed by atoms with Gasteiger partial charge in [0.2, 0.25) is 0 Å². The number of para-hydroxylation sites is 1. The second-order valence-electron chi connectivity index (χ2n) is 6.12. The first-order chi connectivity index (χ1) is 13.0. The third kappa shape index (κ3) is 5.52. The van der Waals surface area contributed by atoms with Crippen molar-refractivity contribution >= 4 is 50.7 Å². The van der Waals surface area contributed by atoms with Crippen LogP contribution in [0.15, 0.2) is 42.5 Å². The number of hydrogen-bond acceptors (Lipinski definition) is 5. The van der Waals surface area contributed by atoms with Crippen molar-refractivity contribution in [1.29, 1.82) is 0 Å². The standard InChI is InChI=1S/C20H19ClN2O3S/c1-13-9-10-15(14(21)11-13)22-18(24)12-26-20(25)8-4-7-19-23-16-5-2-3-6-17(16)27-19/h2-3,5-6,9-11H,4,7-8,12H2,1H3,(H,22,24). The van der Waals surface area contributed by atoms with Gasteiger partial charge in [-0.3, -0.25) is 9.59 Å². The Morgan fingerprint density at radius 1 is 1.22 bits per heavy atom. The van der Waals surface area contributed by atoms with Gasteiger partial charge in [-0.2, -0.15) is 0 Å². The molecule has 2 aromatic carbocycles. The van der Waals surface area contributed by atoms with Crippen LogP contribution >= 0.6 is 22.9 Å². The van der Waals surface area contributed by atoms with Gasteiger partial charge in [-0.1, -0.05) is 29.8 Å². The van der Waals surface area contributed by atoms with Crippen LogP contribution in [0.5, 0.6) is 0 Å². The highest BCUT2D eigenvalue weighted by Gasteiger charge is 2.10. The number of aromatic nitrogens is 1. The number of halogens is 1. The number of anilines is 1. The van der Waals surface area contributed by atoms with Gasteiger partial charge in [0.15, 0.2) is 6.61 Å². The smallest absolute Gasteiger partial charge is 0.306 e. The lowest BCUT2D eigenvalue weighted by Gasteiger charge is -2.08. The van der Waals surface area contributed by atoms with E-state index in [9.17, 15) is 9.59 Å². The van der Waals surface area contributed by atoms with Crippen LogP contribution in [-0.2, 0) is 20.7 Å². The van der Waals surface area contributed by atoms with Crippen LogP contribution < -0.4 is 5.32 Å². The fraction of sp³-hybridized carbons (Fsp3) is 0.250. The van der Waals surface area contributed by atoms with E-state index in [2.05, 4.69) is 10.3 Å². The van der Waals surface area contributed by atoms with Crippen molar-refractivity contribution in [2.45, 2.75) is 26.2 Å². The number of thiazole rings is 1. The molecule has 1 heterocycles. The molecule has 0 fully saturated rings. The number of hydrogen-bond donors (Lipinski definition) is 1. The van der Waals surface area contributed by atoms with Crippen LogP contribution in [0.2, 0.25) is 5.02 Å². The Hall–Kier alpha value is -2.44. The summed E-state index contributed by atoms with van der Waals surface area (Å²) in [6, 6.07) is 13.3. The summed E-state index contributed by atoms with van der Waals surface area (Å²) in [6.07, 6.45) is 1.58. The summed E-state index contributed by atoms with van der Waals surface area (Å²) in [5.41, 5.74) is 2.48. The number of carbonyl (C=O) groups excluding carboxylic acids is 2. The summed E-state index contributed by atoms with van der Waals surface area (Å²) < 4.78 is 6.17. The summed E-state index contributed by atoms with van der Waals surface area (Å²) in [5, 5.41) is 4.08. The third-order valence-corrected chi connectivity index (χ3v) is 5.28. The number of esters is 1. The van der Waals surface area contributed by atoms with Gasteiger partial charge in [-0.15, -0.1) is 11.3 Å². The molecule has 140 valence electrons. The monoisotopic (exact) mass is 402 g/mol. The SMILES string of the molecule is Cc1ccc(NC(=O)COC(=O)CCCc2nc3ccccc3s2)c(Cl)c1. The summed E-state index contributed by atoms with van der Waals surface area (Å²) in [6.45, 7) is 1.58. The molecule has 0 unspecified atom stereocenters. The Bertz CT molecular complexity index is 938. The van der Waals surface area contributed by atoms with Crippen LogP contribution in [0.1, 0.15) is 23.4 Å². The van der Waals surface area contributed by atoms with Gasteiger partial charge in [0, 0.05) is 6.42 Å². The minimum atomic E-state index is -0.416. The van der Waals surface area contributed by atoms with Gasteiger partial charge in [0.1, 0.15) is 0 Å². The van der Waals surface area contributed by atoms with Crippen molar-refractivity contribution in [2.24, 2.45) is 0 Å². The minimum Gasteiger partial charge on any atom is -0.456 e. The van der Waals surface area contributed by atoms with E-state index >= 15 is 0 Å². The highest BCUT2D eigenvalue weighted by Crippen LogP contribution is 2.23. The van der Waals surface area contributed by atoms with Crippen molar-refractivity contribution < 1.29 is 14.3 Å². The molecule has 0 bridgehead atoms. The third-order valence-electron chi connectivity index (χ3n) is 3.87. The molecule has 7 heteroatoms. The maximum Gasteiger partial charge on any atom is 0.306 e. The van der Waals surface area contributed by atoms with E-state index in [0.717, 1.165) is 20.8 Å². The summed E-state index contributed by atoms with van der Waals surface area (Å²) in [5.74, 6) is -0.818. The number of carbonyl (C=O) groups is 2. The maximum atomic E-state index is 11.9. The molecule has 1 aromatic heterocycles. The lowest BCUT2D eigenvalue weighted by Crippen LogP contribution is -2.21. The zero-order chi connectivity index (χ0) is 19.2.